The number of carbonyl (C=O) groups is 1. The molecule has 0 aromatic heterocycles. The van der Waals surface area contributed by atoms with Gasteiger partial charge in [-0.3, -0.25) is 9.69 Å². The summed E-state index contributed by atoms with van der Waals surface area (Å²) in [6.07, 6.45) is 0.0702. The second kappa shape index (κ2) is 5.99. The van der Waals surface area contributed by atoms with E-state index in [0.717, 1.165) is 0 Å². The molecule has 0 radical (unpaired) electrons. The highest BCUT2D eigenvalue weighted by Gasteiger charge is 2.32. The maximum absolute atomic E-state index is 13.2. The molecule has 21 heavy (non-hydrogen) atoms. The lowest BCUT2D eigenvalue weighted by molar-refractivity contribution is -0.136. The molecule has 1 aromatic carbocycles. The van der Waals surface area contributed by atoms with Gasteiger partial charge in [0.25, 0.3) is 0 Å². The van der Waals surface area contributed by atoms with Crippen molar-refractivity contribution in [1.29, 1.82) is 0 Å². The molecule has 1 aliphatic rings. The molecule has 1 atom stereocenters. The molecule has 5 nitrogen and oxygen atoms in total. The van der Waals surface area contributed by atoms with Gasteiger partial charge in [0.15, 0.2) is 0 Å². The van der Waals surface area contributed by atoms with Crippen LogP contribution in [0.25, 0.3) is 0 Å². The first kappa shape index (κ1) is 15.7. The monoisotopic (exact) mass is 295 g/mol. The number of nitrogens with one attached hydrogen (secondary N) is 1. The predicted molar refractivity (Wildman–Crippen MR) is 80.5 cm³/mol. The average molecular weight is 295 g/mol. The number of anilines is 2. The number of nitrogens with two attached hydrogens (primary N) is 1. The van der Waals surface area contributed by atoms with E-state index >= 15 is 0 Å². The number of morpholine rings is 1. The molecule has 1 amide bonds. The average Bonchev–Trinajstić information content (AvgIpc) is 2.31. The van der Waals surface area contributed by atoms with Crippen LogP contribution < -0.4 is 11.1 Å². The minimum Gasteiger partial charge on any atom is -0.397 e. The van der Waals surface area contributed by atoms with Crippen molar-refractivity contribution in [2.45, 2.75) is 32.5 Å². The van der Waals surface area contributed by atoms with Crippen LogP contribution in [0.15, 0.2) is 18.2 Å². The summed E-state index contributed by atoms with van der Waals surface area (Å²) in [5, 5.41) is 2.65. The molecule has 1 aromatic rings. The third-order valence-corrected chi connectivity index (χ3v) is 3.30. The molecule has 2 rings (SSSR count). The molecular weight excluding hydrogens is 273 g/mol. The second-order valence-corrected chi connectivity index (χ2v) is 6.14. The van der Waals surface area contributed by atoms with Crippen LogP contribution in [0.2, 0.25) is 0 Å². The molecule has 1 fully saturated rings. The van der Waals surface area contributed by atoms with Crippen molar-refractivity contribution in [3.05, 3.63) is 24.0 Å². The highest BCUT2D eigenvalue weighted by molar-refractivity contribution is 5.95. The van der Waals surface area contributed by atoms with Gasteiger partial charge in [0, 0.05) is 13.1 Å². The van der Waals surface area contributed by atoms with Gasteiger partial charge in [-0.2, -0.15) is 0 Å². The van der Waals surface area contributed by atoms with E-state index in [1.54, 1.807) is 0 Å². The predicted octanol–water partition coefficient (Wildman–Crippen LogP) is 1.85. The van der Waals surface area contributed by atoms with Gasteiger partial charge in [-0.1, -0.05) is 0 Å². The summed E-state index contributed by atoms with van der Waals surface area (Å²) in [5.74, 6) is -0.641. The molecule has 1 aliphatic heterocycles. The molecule has 6 heteroatoms. The number of carbonyl (C=O) groups excluding carboxylic acids is 1. The smallest absolute Gasteiger partial charge is 0.238 e. The molecule has 0 aliphatic carbocycles. The maximum Gasteiger partial charge on any atom is 0.238 e. The van der Waals surface area contributed by atoms with Gasteiger partial charge in [0.2, 0.25) is 5.91 Å². The highest BCUT2D eigenvalue weighted by atomic mass is 19.1. The molecule has 1 saturated heterocycles. The normalized spacial score (nSPS) is 22.0. The maximum atomic E-state index is 13.2. The molecule has 0 bridgehead atoms. The fourth-order valence-corrected chi connectivity index (χ4v) is 2.74. The van der Waals surface area contributed by atoms with Gasteiger partial charge in [-0.05, 0) is 39.0 Å². The summed E-state index contributed by atoms with van der Waals surface area (Å²) in [6.45, 7) is 7.57. The van der Waals surface area contributed by atoms with Crippen LogP contribution in [0.1, 0.15) is 20.8 Å². The lowest BCUT2D eigenvalue weighted by Gasteiger charge is -2.41. The molecule has 0 saturated carbocycles. The van der Waals surface area contributed by atoms with E-state index in [1.807, 2.05) is 25.7 Å². The number of ether oxygens (including phenoxy) is 1. The quantitative estimate of drug-likeness (QED) is 0.835. The van der Waals surface area contributed by atoms with E-state index in [1.165, 1.54) is 18.2 Å². The van der Waals surface area contributed by atoms with Crippen LogP contribution >= 0.6 is 0 Å². The minimum absolute atomic E-state index is 0.0702. The largest absolute Gasteiger partial charge is 0.397 e. The first-order chi connectivity index (χ1) is 9.75. The first-order valence-corrected chi connectivity index (χ1v) is 7.00. The van der Waals surface area contributed by atoms with Crippen LogP contribution in [0.3, 0.4) is 0 Å². The van der Waals surface area contributed by atoms with E-state index in [4.69, 9.17) is 10.5 Å². The topological polar surface area (TPSA) is 67.6 Å². The number of amides is 1. The summed E-state index contributed by atoms with van der Waals surface area (Å²) >= 11 is 0. The number of rotatable bonds is 3. The second-order valence-electron chi connectivity index (χ2n) is 6.14. The lowest BCUT2D eigenvalue weighted by atomic mass is 10.1. The SMILES string of the molecule is CC1CN(CC(=O)Nc2cc(F)ccc2N)CC(C)(C)O1. The van der Waals surface area contributed by atoms with Gasteiger partial charge in [-0.25, -0.2) is 4.39 Å². The van der Waals surface area contributed by atoms with Crippen LogP contribution in [-0.4, -0.2) is 42.1 Å². The van der Waals surface area contributed by atoms with Gasteiger partial charge in [0.1, 0.15) is 5.82 Å². The molecular formula is C15H22FN3O2. The minimum atomic E-state index is -0.430. The zero-order valence-corrected chi connectivity index (χ0v) is 12.6. The Labute approximate surface area is 124 Å². The fourth-order valence-electron chi connectivity index (χ4n) is 2.74. The van der Waals surface area contributed by atoms with Gasteiger partial charge >= 0.3 is 0 Å². The van der Waals surface area contributed by atoms with Crippen LogP contribution in [0.5, 0.6) is 0 Å². The molecule has 116 valence electrons. The van der Waals surface area contributed by atoms with Crippen LogP contribution in [0.4, 0.5) is 15.8 Å². The Morgan fingerprint density at radius 2 is 2.29 bits per heavy atom. The van der Waals surface area contributed by atoms with Crippen molar-refractivity contribution in [3.8, 4) is 0 Å². The molecule has 0 spiro atoms. The first-order valence-electron chi connectivity index (χ1n) is 7.00. The van der Waals surface area contributed by atoms with Gasteiger partial charge in [-0.15, -0.1) is 0 Å². The van der Waals surface area contributed by atoms with Crippen molar-refractivity contribution in [3.63, 3.8) is 0 Å². The highest BCUT2D eigenvalue weighted by Crippen LogP contribution is 2.22. The lowest BCUT2D eigenvalue weighted by Crippen LogP contribution is -2.53. The Hall–Kier alpha value is -1.66. The number of halogens is 1. The summed E-state index contributed by atoms with van der Waals surface area (Å²) in [4.78, 5) is 14.1. The summed E-state index contributed by atoms with van der Waals surface area (Å²) in [6, 6.07) is 3.92. The van der Waals surface area contributed by atoms with Crippen molar-refractivity contribution in [1.82, 2.24) is 4.90 Å². The van der Waals surface area contributed by atoms with E-state index < -0.39 is 5.82 Å². The number of nitrogens with zero attached hydrogens (tertiary/aromatic N) is 1. The zero-order valence-electron chi connectivity index (χ0n) is 12.6. The third kappa shape index (κ3) is 4.41. The van der Waals surface area contributed by atoms with E-state index in [0.29, 0.717) is 24.5 Å². The van der Waals surface area contributed by atoms with E-state index in [9.17, 15) is 9.18 Å². The van der Waals surface area contributed by atoms with Crippen LogP contribution in [0, 0.1) is 5.82 Å². The Kier molecular flexibility index (Phi) is 4.49. The Balaban J connectivity index is 1.97. The fraction of sp³-hybridized carbons (Fsp3) is 0.533. The number of benzene rings is 1. The van der Waals surface area contributed by atoms with Gasteiger partial charge in [0.05, 0.1) is 29.6 Å². The summed E-state index contributed by atoms with van der Waals surface area (Å²) in [5.41, 5.74) is 6.09. The Morgan fingerprint density at radius 1 is 1.57 bits per heavy atom. The Morgan fingerprint density at radius 3 is 2.95 bits per heavy atom. The van der Waals surface area contributed by atoms with Crippen molar-refractivity contribution in [2.24, 2.45) is 0 Å². The standard InChI is InChI=1S/C15H22FN3O2/c1-10-7-19(9-15(2,3)21-10)8-14(20)18-13-6-11(16)4-5-12(13)17/h4-6,10H,7-9,17H2,1-3H3,(H,18,20). The van der Waals surface area contributed by atoms with Crippen LogP contribution in [-0.2, 0) is 9.53 Å². The number of nitrogen functional groups attached to an aromatic ring is 1. The number of hydrogen-bond acceptors (Lipinski definition) is 4. The zero-order chi connectivity index (χ0) is 15.6. The molecule has 1 heterocycles. The van der Waals surface area contributed by atoms with Crippen molar-refractivity contribution < 1.29 is 13.9 Å². The van der Waals surface area contributed by atoms with E-state index in [2.05, 4.69) is 5.32 Å². The molecule has 1 unspecified atom stereocenters. The summed E-state index contributed by atoms with van der Waals surface area (Å²) < 4.78 is 19.0. The summed E-state index contributed by atoms with van der Waals surface area (Å²) in [7, 11) is 0. The molecule has 3 N–H and O–H groups in total. The Bertz CT molecular complexity index is 534. The third-order valence-electron chi connectivity index (χ3n) is 3.30. The van der Waals surface area contributed by atoms with Crippen molar-refractivity contribution >= 4 is 17.3 Å². The number of hydrogen-bond donors (Lipinski definition) is 2. The van der Waals surface area contributed by atoms with E-state index in [-0.39, 0.29) is 24.2 Å². The van der Waals surface area contributed by atoms with Crippen molar-refractivity contribution in [2.75, 3.05) is 30.7 Å². The van der Waals surface area contributed by atoms with Gasteiger partial charge < -0.3 is 15.8 Å².